The smallest absolute Gasteiger partial charge is 0.381 e. The van der Waals surface area contributed by atoms with Crippen LogP contribution in [0, 0.1) is 0 Å². The molecule has 5 rings (SSSR count). The standard InChI is InChI=1S/C21H16F3N5OS/c1-3-11-8-15(21(22,23)24)28-29(11)16-7-4-12-13(27-16)5-6-14-17(12)18-19(31-14)20(30)26-10(2)9-25-18/h3-8,10,25H,1,9H2,2H3,(H,26,30)/t10-/m1/s1. The number of pyridine rings is 1. The van der Waals surface area contributed by atoms with Crippen molar-refractivity contribution in [2.45, 2.75) is 19.1 Å². The van der Waals surface area contributed by atoms with Crippen LogP contribution in [0.25, 0.3) is 32.9 Å². The molecule has 2 N–H and O–H groups in total. The Kier molecular flexibility index (Phi) is 4.30. The molecule has 0 aliphatic carbocycles. The quantitative estimate of drug-likeness (QED) is 0.465. The number of rotatable bonds is 2. The predicted octanol–water partition coefficient (Wildman–Crippen LogP) is 4.84. The Labute approximate surface area is 178 Å². The van der Waals surface area contributed by atoms with Crippen molar-refractivity contribution in [2.24, 2.45) is 0 Å². The molecule has 3 aromatic heterocycles. The van der Waals surface area contributed by atoms with Crippen molar-refractivity contribution in [3.8, 4) is 5.82 Å². The average molecular weight is 443 g/mol. The minimum absolute atomic E-state index is 0.0122. The molecule has 6 nitrogen and oxygen atoms in total. The molecule has 158 valence electrons. The molecular weight excluding hydrogens is 427 g/mol. The Morgan fingerprint density at radius 3 is 2.84 bits per heavy atom. The number of aromatic nitrogens is 3. The van der Waals surface area contributed by atoms with Crippen LogP contribution in [0.1, 0.15) is 28.0 Å². The summed E-state index contributed by atoms with van der Waals surface area (Å²) in [6.07, 6.45) is -3.26. The lowest BCUT2D eigenvalue weighted by Crippen LogP contribution is -2.34. The molecule has 1 aliphatic rings. The van der Waals surface area contributed by atoms with Gasteiger partial charge in [-0.3, -0.25) is 4.79 Å². The van der Waals surface area contributed by atoms with Gasteiger partial charge in [-0.25, -0.2) is 9.67 Å². The number of hydrogen-bond acceptors (Lipinski definition) is 5. The van der Waals surface area contributed by atoms with Crippen molar-refractivity contribution in [3.05, 3.63) is 53.2 Å². The monoisotopic (exact) mass is 443 g/mol. The first-order valence-corrected chi connectivity index (χ1v) is 10.3. The fourth-order valence-corrected chi connectivity index (χ4v) is 4.79. The molecule has 0 fully saturated rings. The molecule has 0 bridgehead atoms. The number of halogens is 3. The molecule has 31 heavy (non-hydrogen) atoms. The molecule has 4 heterocycles. The Morgan fingerprint density at radius 2 is 2.10 bits per heavy atom. The van der Waals surface area contributed by atoms with Gasteiger partial charge >= 0.3 is 6.18 Å². The number of amides is 1. The molecule has 0 saturated heterocycles. The Hall–Kier alpha value is -3.40. The van der Waals surface area contributed by atoms with Crippen LogP contribution in [-0.4, -0.2) is 33.3 Å². The van der Waals surface area contributed by atoms with E-state index in [0.29, 0.717) is 16.9 Å². The minimum atomic E-state index is -4.57. The van der Waals surface area contributed by atoms with Gasteiger partial charge in [-0.15, -0.1) is 11.3 Å². The van der Waals surface area contributed by atoms with Gasteiger partial charge in [-0.1, -0.05) is 6.58 Å². The maximum absolute atomic E-state index is 13.1. The van der Waals surface area contributed by atoms with E-state index in [4.69, 9.17) is 0 Å². The molecule has 4 aromatic rings. The van der Waals surface area contributed by atoms with Crippen molar-refractivity contribution in [3.63, 3.8) is 0 Å². The van der Waals surface area contributed by atoms with Gasteiger partial charge in [-0.05, 0) is 43.3 Å². The zero-order valence-electron chi connectivity index (χ0n) is 16.2. The van der Waals surface area contributed by atoms with Crippen molar-refractivity contribution in [1.29, 1.82) is 0 Å². The number of thiophene rings is 1. The SMILES string of the molecule is C=Cc1cc(C(F)(F)F)nn1-c1ccc2c(ccc3sc4c(c32)NC[C@@H](C)NC4=O)n1. The van der Waals surface area contributed by atoms with E-state index < -0.39 is 11.9 Å². The van der Waals surface area contributed by atoms with Gasteiger partial charge in [0.2, 0.25) is 0 Å². The van der Waals surface area contributed by atoms with E-state index in [-0.39, 0.29) is 23.5 Å². The second kappa shape index (κ2) is 6.81. The maximum atomic E-state index is 13.1. The first-order valence-electron chi connectivity index (χ1n) is 9.47. The number of carbonyl (C=O) groups excluding carboxylic acids is 1. The number of carbonyl (C=O) groups is 1. The third kappa shape index (κ3) is 3.14. The zero-order valence-corrected chi connectivity index (χ0v) is 17.1. The topological polar surface area (TPSA) is 71.8 Å². The Balaban J connectivity index is 1.69. The molecule has 1 aliphatic heterocycles. The number of alkyl halides is 3. The highest BCUT2D eigenvalue weighted by Gasteiger charge is 2.35. The number of anilines is 1. The second-order valence-corrected chi connectivity index (χ2v) is 8.36. The van der Waals surface area contributed by atoms with Crippen LogP contribution in [-0.2, 0) is 6.18 Å². The molecule has 1 amide bonds. The van der Waals surface area contributed by atoms with Crippen molar-refractivity contribution >= 4 is 50.0 Å². The largest absolute Gasteiger partial charge is 0.435 e. The summed E-state index contributed by atoms with van der Waals surface area (Å²) in [7, 11) is 0. The predicted molar refractivity (Wildman–Crippen MR) is 115 cm³/mol. The van der Waals surface area contributed by atoms with E-state index in [9.17, 15) is 18.0 Å². The zero-order chi connectivity index (χ0) is 21.9. The van der Waals surface area contributed by atoms with Gasteiger partial charge in [0.25, 0.3) is 5.91 Å². The first kappa shape index (κ1) is 19.6. The van der Waals surface area contributed by atoms with Crippen LogP contribution in [0.5, 0.6) is 0 Å². The summed E-state index contributed by atoms with van der Waals surface area (Å²) in [5.41, 5.74) is 0.528. The number of hydrogen-bond donors (Lipinski definition) is 2. The van der Waals surface area contributed by atoms with Crippen molar-refractivity contribution < 1.29 is 18.0 Å². The second-order valence-electron chi connectivity index (χ2n) is 7.30. The van der Waals surface area contributed by atoms with Crippen LogP contribution >= 0.6 is 11.3 Å². The summed E-state index contributed by atoms with van der Waals surface area (Å²) in [6.45, 7) is 6.09. The highest BCUT2D eigenvalue weighted by atomic mass is 32.1. The summed E-state index contributed by atoms with van der Waals surface area (Å²) in [5.74, 6) is 0.121. The van der Waals surface area contributed by atoms with Gasteiger partial charge in [0, 0.05) is 28.1 Å². The Morgan fingerprint density at radius 1 is 1.29 bits per heavy atom. The summed E-state index contributed by atoms with van der Waals surface area (Å²) < 4.78 is 41.4. The molecule has 1 atom stereocenters. The van der Waals surface area contributed by atoms with Crippen LogP contribution in [0.2, 0.25) is 0 Å². The number of nitrogens with one attached hydrogen (secondary N) is 2. The van der Waals surface area contributed by atoms with E-state index in [0.717, 1.165) is 31.9 Å². The summed E-state index contributed by atoms with van der Waals surface area (Å²) in [5, 5.41) is 11.6. The molecule has 1 aromatic carbocycles. The fraction of sp³-hybridized carbons (Fsp3) is 0.190. The van der Waals surface area contributed by atoms with Gasteiger partial charge in [-0.2, -0.15) is 18.3 Å². The number of benzene rings is 1. The number of nitrogens with zero attached hydrogens (tertiary/aromatic N) is 3. The van der Waals surface area contributed by atoms with Crippen molar-refractivity contribution in [2.75, 3.05) is 11.9 Å². The molecule has 0 saturated carbocycles. The van der Waals surface area contributed by atoms with E-state index >= 15 is 0 Å². The summed E-state index contributed by atoms with van der Waals surface area (Å²) in [4.78, 5) is 17.7. The van der Waals surface area contributed by atoms with Crippen LogP contribution in [0.4, 0.5) is 18.9 Å². The van der Waals surface area contributed by atoms with E-state index in [1.54, 1.807) is 18.2 Å². The maximum Gasteiger partial charge on any atom is 0.435 e. The minimum Gasteiger partial charge on any atom is -0.381 e. The van der Waals surface area contributed by atoms with Crippen LogP contribution < -0.4 is 10.6 Å². The highest BCUT2D eigenvalue weighted by molar-refractivity contribution is 7.21. The first-order chi connectivity index (χ1) is 14.8. The molecule has 0 radical (unpaired) electrons. The summed E-state index contributed by atoms with van der Waals surface area (Å²) in [6, 6.07) is 7.99. The lowest BCUT2D eigenvalue weighted by Gasteiger charge is -2.10. The van der Waals surface area contributed by atoms with Crippen LogP contribution in [0.15, 0.2) is 36.9 Å². The molecule has 0 spiro atoms. The third-order valence-electron chi connectivity index (χ3n) is 5.13. The number of fused-ring (bicyclic) bond motifs is 5. The van der Waals surface area contributed by atoms with Crippen molar-refractivity contribution in [1.82, 2.24) is 20.1 Å². The van der Waals surface area contributed by atoms with Crippen LogP contribution in [0.3, 0.4) is 0 Å². The normalized spacial score (nSPS) is 16.6. The average Bonchev–Trinajstić information content (AvgIpc) is 3.30. The summed E-state index contributed by atoms with van der Waals surface area (Å²) >= 11 is 1.39. The van der Waals surface area contributed by atoms with Gasteiger partial charge < -0.3 is 10.6 Å². The van der Waals surface area contributed by atoms with Gasteiger partial charge in [0.05, 0.1) is 16.9 Å². The molecule has 0 unspecified atom stereocenters. The van der Waals surface area contributed by atoms with Gasteiger partial charge in [0.15, 0.2) is 11.5 Å². The lowest BCUT2D eigenvalue weighted by atomic mass is 10.1. The van der Waals surface area contributed by atoms with E-state index in [1.165, 1.54) is 17.4 Å². The Bertz CT molecular complexity index is 1370. The molecule has 10 heteroatoms. The lowest BCUT2D eigenvalue weighted by molar-refractivity contribution is -0.141. The van der Waals surface area contributed by atoms with E-state index in [2.05, 4.69) is 27.3 Å². The van der Waals surface area contributed by atoms with Gasteiger partial charge in [0.1, 0.15) is 4.88 Å². The highest BCUT2D eigenvalue weighted by Crippen LogP contribution is 2.41. The molecular formula is C21H16F3N5OS. The fourth-order valence-electron chi connectivity index (χ4n) is 3.70. The third-order valence-corrected chi connectivity index (χ3v) is 6.28. The van der Waals surface area contributed by atoms with E-state index in [1.807, 2.05) is 13.0 Å².